The molecule has 1 aliphatic heterocycles. The van der Waals surface area contributed by atoms with Crippen molar-refractivity contribution in [3.8, 4) is 5.75 Å². The van der Waals surface area contributed by atoms with E-state index in [0.717, 1.165) is 29.9 Å². The fraction of sp³-hybridized carbons (Fsp3) is 0.318. The Labute approximate surface area is 164 Å². The van der Waals surface area contributed by atoms with E-state index in [0.29, 0.717) is 5.75 Å². The van der Waals surface area contributed by atoms with Gasteiger partial charge in [0, 0.05) is 30.4 Å². The number of nitrogens with two attached hydrogens (primary N) is 1. The fourth-order valence-corrected chi connectivity index (χ4v) is 3.54. The van der Waals surface area contributed by atoms with Crippen LogP contribution in [0.15, 0.2) is 53.9 Å². The summed E-state index contributed by atoms with van der Waals surface area (Å²) in [6.45, 7) is 7.83. The average molecular weight is 384 g/mol. The molecule has 1 atom stereocenters. The summed E-state index contributed by atoms with van der Waals surface area (Å²) in [7, 11) is 0. The van der Waals surface area contributed by atoms with Crippen molar-refractivity contribution in [2.75, 3.05) is 24.6 Å². The van der Waals surface area contributed by atoms with Crippen LogP contribution >= 0.6 is 0 Å². The van der Waals surface area contributed by atoms with Gasteiger partial charge in [-0.2, -0.15) is 0 Å². The normalized spacial score (nSPS) is 15.6. The number of hydrogen-bond donors (Lipinski definition) is 1. The Morgan fingerprint density at radius 1 is 1.14 bits per heavy atom. The van der Waals surface area contributed by atoms with Gasteiger partial charge >= 0.3 is 5.97 Å². The third-order valence-electron chi connectivity index (χ3n) is 4.91. The zero-order valence-electron chi connectivity index (χ0n) is 16.4. The highest BCUT2D eigenvalue weighted by Crippen LogP contribution is 2.44. The van der Waals surface area contributed by atoms with Gasteiger partial charge in [0.15, 0.2) is 0 Å². The van der Waals surface area contributed by atoms with Crippen LogP contribution in [-0.2, 0) is 9.53 Å². The first-order valence-electron chi connectivity index (χ1n) is 9.49. The summed E-state index contributed by atoms with van der Waals surface area (Å²) in [5.74, 6) is -0.772. The number of rotatable bonds is 6. The van der Waals surface area contributed by atoms with E-state index in [-0.39, 0.29) is 23.9 Å². The number of ether oxygens (including phenoxy) is 2. The van der Waals surface area contributed by atoms with Gasteiger partial charge in [-0.1, -0.05) is 18.2 Å². The van der Waals surface area contributed by atoms with E-state index >= 15 is 0 Å². The summed E-state index contributed by atoms with van der Waals surface area (Å²) in [6, 6.07) is 11.9. The van der Waals surface area contributed by atoms with Crippen molar-refractivity contribution in [3.63, 3.8) is 0 Å². The van der Waals surface area contributed by atoms with Crippen LogP contribution in [-0.4, -0.2) is 25.7 Å². The standard InChI is InChI=1S/C22H25FN2O3/c1-4-25(5-2)16-11-12-17-18(13-16)28-21(24)20(22(26)27-6-3)19(17)14-7-9-15(23)10-8-14/h7-13,19H,4-6,24H2,1-3H3. The van der Waals surface area contributed by atoms with Crippen molar-refractivity contribution in [1.82, 2.24) is 0 Å². The van der Waals surface area contributed by atoms with Crippen LogP contribution < -0.4 is 15.4 Å². The molecule has 0 aliphatic carbocycles. The van der Waals surface area contributed by atoms with E-state index in [1.165, 1.54) is 12.1 Å². The van der Waals surface area contributed by atoms with Gasteiger partial charge in [-0.3, -0.25) is 0 Å². The van der Waals surface area contributed by atoms with Crippen molar-refractivity contribution < 1.29 is 18.7 Å². The molecule has 148 valence electrons. The molecule has 1 unspecified atom stereocenters. The monoisotopic (exact) mass is 384 g/mol. The van der Waals surface area contributed by atoms with E-state index in [1.54, 1.807) is 19.1 Å². The summed E-state index contributed by atoms with van der Waals surface area (Å²) < 4.78 is 24.5. The molecule has 0 saturated carbocycles. The largest absolute Gasteiger partial charge is 0.462 e. The summed E-state index contributed by atoms with van der Waals surface area (Å²) in [6.07, 6.45) is 0. The first-order chi connectivity index (χ1) is 13.5. The van der Waals surface area contributed by atoms with Gasteiger partial charge in [0.2, 0.25) is 5.88 Å². The maximum Gasteiger partial charge on any atom is 0.340 e. The van der Waals surface area contributed by atoms with E-state index in [2.05, 4.69) is 18.7 Å². The van der Waals surface area contributed by atoms with Gasteiger partial charge in [-0.15, -0.1) is 0 Å². The third kappa shape index (κ3) is 3.67. The highest BCUT2D eigenvalue weighted by molar-refractivity contribution is 5.92. The number of nitrogens with zero attached hydrogens (tertiary/aromatic N) is 1. The van der Waals surface area contributed by atoms with Crippen molar-refractivity contribution in [3.05, 3.63) is 70.9 Å². The van der Waals surface area contributed by atoms with E-state index in [9.17, 15) is 9.18 Å². The minimum Gasteiger partial charge on any atom is -0.462 e. The molecule has 2 aromatic rings. The second kappa shape index (κ2) is 8.33. The number of halogens is 1. The van der Waals surface area contributed by atoms with Gasteiger partial charge in [0.05, 0.1) is 12.5 Å². The molecule has 28 heavy (non-hydrogen) atoms. The first kappa shape index (κ1) is 19.7. The number of hydrogen-bond acceptors (Lipinski definition) is 5. The molecule has 0 spiro atoms. The van der Waals surface area contributed by atoms with Crippen LogP contribution in [0.25, 0.3) is 0 Å². The van der Waals surface area contributed by atoms with Crippen molar-refractivity contribution in [2.24, 2.45) is 5.73 Å². The fourth-order valence-electron chi connectivity index (χ4n) is 3.54. The molecule has 0 saturated heterocycles. The molecular formula is C22H25FN2O3. The maximum atomic E-state index is 13.5. The van der Waals surface area contributed by atoms with E-state index < -0.39 is 11.9 Å². The molecule has 0 radical (unpaired) electrons. The summed E-state index contributed by atoms with van der Waals surface area (Å²) in [4.78, 5) is 14.8. The second-order valence-corrected chi connectivity index (χ2v) is 6.48. The molecule has 0 amide bonds. The average Bonchev–Trinajstić information content (AvgIpc) is 2.68. The summed E-state index contributed by atoms with van der Waals surface area (Å²) >= 11 is 0. The van der Waals surface area contributed by atoms with E-state index in [1.807, 2.05) is 18.2 Å². The highest BCUT2D eigenvalue weighted by atomic mass is 19.1. The maximum absolute atomic E-state index is 13.5. The van der Waals surface area contributed by atoms with Crippen LogP contribution in [0, 0.1) is 5.82 Å². The van der Waals surface area contributed by atoms with Crippen molar-refractivity contribution in [1.29, 1.82) is 0 Å². The molecule has 3 rings (SSSR count). The first-order valence-corrected chi connectivity index (χ1v) is 9.49. The molecule has 0 bridgehead atoms. The van der Waals surface area contributed by atoms with Gasteiger partial charge < -0.3 is 20.1 Å². The number of fused-ring (bicyclic) bond motifs is 1. The van der Waals surface area contributed by atoms with Crippen LogP contribution in [0.4, 0.5) is 10.1 Å². The Morgan fingerprint density at radius 2 is 1.82 bits per heavy atom. The lowest BCUT2D eigenvalue weighted by molar-refractivity contribution is -0.139. The summed E-state index contributed by atoms with van der Waals surface area (Å²) in [5, 5.41) is 0. The quantitative estimate of drug-likeness (QED) is 0.765. The molecule has 6 heteroatoms. The minimum atomic E-state index is -0.534. The van der Waals surface area contributed by atoms with Crippen LogP contribution in [0.3, 0.4) is 0 Å². The Kier molecular flexibility index (Phi) is 5.87. The Hall–Kier alpha value is -3.02. The lowest BCUT2D eigenvalue weighted by Gasteiger charge is -2.30. The molecule has 1 aliphatic rings. The topological polar surface area (TPSA) is 64.8 Å². The van der Waals surface area contributed by atoms with E-state index in [4.69, 9.17) is 15.2 Å². The van der Waals surface area contributed by atoms with Crippen LogP contribution in [0.5, 0.6) is 5.75 Å². The predicted molar refractivity (Wildman–Crippen MR) is 107 cm³/mol. The van der Waals surface area contributed by atoms with Crippen molar-refractivity contribution in [2.45, 2.75) is 26.7 Å². The second-order valence-electron chi connectivity index (χ2n) is 6.48. The Balaban J connectivity index is 2.14. The lowest BCUT2D eigenvalue weighted by Crippen LogP contribution is -2.28. The lowest BCUT2D eigenvalue weighted by atomic mass is 9.83. The molecular weight excluding hydrogens is 359 g/mol. The number of esters is 1. The Bertz CT molecular complexity index is 889. The van der Waals surface area contributed by atoms with Crippen LogP contribution in [0.2, 0.25) is 0 Å². The molecule has 2 aromatic carbocycles. The predicted octanol–water partition coefficient (Wildman–Crippen LogP) is 3.93. The molecule has 5 nitrogen and oxygen atoms in total. The molecule has 0 fully saturated rings. The number of anilines is 1. The highest BCUT2D eigenvalue weighted by Gasteiger charge is 2.35. The summed E-state index contributed by atoms with van der Waals surface area (Å²) in [5.41, 5.74) is 8.92. The zero-order chi connectivity index (χ0) is 20.3. The van der Waals surface area contributed by atoms with Crippen molar-refractivity contribution >= 4 is 11.7 Å². The molecule has 1 heterocycles. The zero-order valence-corrected chi connectivity index (χ0v) is 16.4. The van der Waals surface area contributed by atoms with Crippen LogP contribution in [0.1, 0.15) is 37.8 Å². The number of carbonyl (C=O) groups is 1. The Morgan fingerprint density at radius 3 is 2.43 bits per heavy atom. The van der Waals surface area contributed by atoms with Gasteiger partial charge in [-0.25, -0.2) is 9.18 Å². The molecule has 2 N–H and O–H groups in total. The van der Waals surface area contributed by atoms with Gasteiger partial charge in [0.25, 0.3) is 0 Å². The van der Waals surface area contributed by atoms with Gasteiger partial charge in [0.1, 0.15) is 17.1 Å². The SMILES string of the molecule is CCOC(=O)C1=C(N)Oc2cc(N(CC)CC)ccc2C1c1ccc(F)cc1. The number of benzene rings is 2. The molecule has 0 aromatic heterocycles. The third-order valence-corrected chi connectivity index (χ3v) is 4.91. The minimum absolute atomic E-state index is 0.0111. The smallest absolute Gasteiger partial charge is 0.340 e. The number of carbonyl (C=O) groups excluding carboxylic acids is 1. The van der Waals surface area contributed by atoms with Gasteiger partial charge in [-0.05, 0) is 44.5 Å².